The molecular formula is C9H20N2O2S2. The van der Waals surface area contributed by atoms with Crippen LogP contribution in [0.3, 0.4) is 0 Å². The van der Waals surface area contributed by atoms with E-state index in [0.29, 0.717) is 0 Å². The molecular weight excluding hydrogens is 232 g/mol. The minimum Gasteiger partial charge on any atom is -0.392 e. The van der Waals surface area contributed by atoms with Gasteiger partial charge in [0.1, 0.15) is 5.25 Å². The van der Waals surface area contributed by atoms with Crippen molar-refractivity contribution in [3.63, 3.8) is 0 Å². The summed E-state index contributed by atoms with van der Waals surface area (Å²) in [5.41, 5.74) is 4.95. The zero-order chi connectivity index (χ0) is 12.4. The number of nitrogens with two attached hydrogens (primary N) is 1. The Morgan fingerprint density at radius 1 is 1.53 bits per heavy atom. The molecule has 4 nitrogen and oxygen atoms in total. The molecule has 0 rings (SSSR count). The summed E-state index contributed by atoms with van der Waals surface area (Å²) in [6.45, 7) is 7.20. The lowest BCUT2D eigenvalue weighted by Crippen LogP contribution is -2.50. The standard InChI is InChI=1S/C9H20N2O2S2/c1-6-9(3,4)11(5)15(12,13)7(2)8(10)14/h7H,6H2,1-5H3,(H2,10,14). The molecule has 0 aliphatic rings. The number of sulfonamides is 1. The molecule has 0 aromatic rings. The van der Waals surface area contributed by atoms with Crippen molar-refractivity contribution in [3.8, 4) is 0 Å². The Morgan fingerprint density at radius 3 is 2.20 bits per heavy atom. The second kappa shape index (κ2) is 4.76. The first-order valence-corrected chi connectivity index (χ1v) is 6.75. The van der Waals surface area contributed by atoms with Crippen LogP contribution in [0.15, 0.2) is 0 Å². The van der Waals surface area contributed by atoms with Gasteiger partial charge in [-0.2, -0.15) is 4.31 Å². The van der Waals surface area contributed by atoms with E-state index in [1.807, 2.05) is 20.8 Å². The molecule has 0 aromatic carbocycles. The highest BCUT2D eigenvalue weighted by atomic mass is 32.2. The number of nitrogens with zero attached hydrogens (tertiary/aromatic N) is 1. The normalized spacial score (nSPS) is 15.3. The van der Waals surface area contributed by atoms with Crippen molar-refractivity contribution >= 4 is 27.2 Å². The lowest BCUT2D eigenvalue weighted by molar-refractivity contribution is 0.256. The minimum absolute atomic E-state index is 0.00810. The first kappa shape index (κ1) is 14.8. The fourth-order valence-corrected chi connectivity index (χ4v) is 2.90. The van der Waals surface area contributed by atoms with Gasteiger partial charge >= 0.3 is 0 Å². The molecule has 0 saturated heterocycles. The third-order valence-electron chi connectivity index (χ3n) is 2.95. The van der Waals surface area contributed by atoms with Crippen molar-refractivity contribution < 1.29 is 8.42 Å². The molecule has 2 N–H and O–H groups in total. The molecule has 1 unspecified atom stereocenters. The third kappa shape index (κ3) is 3.12. The van der Waals surface area contributed by atoms with Crippen molar-refractivity contribution in [2.45, 2.75) is 44.9 Å². The second-order valence-electron chi connectivity index (χ2n) is 4.22. The number of rotatable bonds is 5. The second-order valence-corrected chi connectivity index (χ2v) is 6.98. The highest BCUT2D eigenvalue weighted by Crippen LogP contribution is 2.22. The molecule has 0 amide bonds. The molecule has 0 aliphatic carbocycles. The lowest BCUT2D eigenvalue weighted by atomic mass is 10.0. The number of hydrogen-bond acceptors (Lipinski definition) is 3. The summed E-state index contributed by atoms with van der Waals surface area (Å²) in [4.78, 5) is 0.00810. The van der Waals surface area contributed by atoms with E-state index in [9.17, 15) is 8.42 Å². The van der Waals surface area contributed by atoms with Crippen LogP contribution in [-0.4, -0.2) is 35.5 Å². The Hall–Kier alpha value is -0.200. The van der Waals surface area contributed by atoms with Gasteiger partial charge in [0.2, 0.25) is 10.0 Å². The Balaban J connectivity index is 5.15. The lowest BCUT2D eigenvalue weighted by Gasteiger charge is -2.35. The van der Waals surface area contributed by atoms with Crippen LogP contribution in [0.2, 0.25) is 0 Å². The predicted molar refractivity (Wildman–Crippen MR) is 67.3 cm³/mol. The topological polar surface area (TPSA) is 63.4 Å². The first-order chi connectivity index (χ1) is 6.57. The van der Waals surface area contributed by atoms with Crippen LogP contribution < -0.4 is 5.73 Å². The number of thiocarbonyl (C=S) groups is 1. The van der Waals surface area contributed by atoms with E-state index in [-0.39, 0.29) is 4.99 Å². The maximum atomic E-state index is 12.0. The van der Waals surface area contributed by atoms with Gasteiger partial charge in [-0.1, -0.05) is 19.1 Å². The molecule has 0 radical (unpaired) electrons. The van der Waals surface area contributed by atoms with Crippen LogP contribution in [-0.2, 0) is 10.0 Å². The molecule has 0 aromatic heterocycles. The summed E-state index contributed by atoms with van der Waals surface area (Å²) in [5.74, 6) is 0. The summed E-state index contributed by atoms with van der Waals surface area (Å²) in [7, 11) is -1.88. The van der Waals surface area contributed by atoms with E-state index < -0.39 is 20.8 Å². The maximum absolute atomic E-state index is 12.0. The fourth-order valence-electron chi connectivity index (χ4n) is 0.951. The van der Waals surface area contributed by atoms with Crippen molar-refractivity contribution in [3.05, 3.63) is 0 Å². The minimum atomic E-state index is -3.44. The molecule has 0 aliphatic heterocycles. The molecule has 1 atom stereocenters. The van der Waals surface area contributed by atoms with Crippen LogP contribution in [0.25, 0.3) is 0 Å². The summed E-state index contributed by atoms with van der Waals surface area (Å²) in [5, 5.41) is -0.816. The summed E-state index contributed by atoms with van der Waals surface area (Å²) >= 11 is 4.72. The average molecular weight is 252 g/mol. The predicted octanol–water partition coefficient (Wildman–Crippen LogP) is 1.11. The van der Waals surface area contributed by atoms with Gasteiger partial charge in [-0.25, -0.2) is 8.42 Å². The SMILES string of the molecule is CCC(C)(C)N(C)S(=O)(=O)C(C)C(N)=S. The maximum Gasteiger partial charge on any atom is 0.223 e. The summed E-state index contributed by atoms with van der Waals surface area (Å²) in [6.07, 6.45) is 0.729. The van der Waals surface area contributed by atoms with E-state index in [0.717, 1.165) is 6.42 Å². The van der Waals surface area contributed by atoms with Crippen molar-refractivity contribution in [1.82, 2.24) is 4.31 Å². The first-order valence-electron chi connectivity index (χ1n) is 4.84. The van der Waals surface area contributed by atoms with E-state index in [1.54, 1.807) is 7.05 Å². The Kier molecular flexibility index (Phi) is 4.69. The molecule has 15 heavy (non-hydrogen) atoms. The molecule has 6 heteroatoms. The van der Waals surface area contributed by atoms with E-state index in [2.05, 4.69) is 0 Å². The highest BCUT2D eigenvalue weighted by Gasteiger charge is 2.36. The monoisotopic (exact) mass is 252 g/mol. The quantitative estimate of drug-likeness (QED) is 0.745. The molecule has 0 heterocycles. The van der Waals surface area contributed by atoms with Crippen molar-refractivity contribution in [2.75, 3.05) is 7.05 Å². The van der Waals surface area contributed by atoms with Gasteiger partial charge in [-0.15, -0.1) is 0 Å². The molecule has 0 spiro atoms. The summed E-state index contributed by atoms with van der Waals surface area (Å²) < 4.78 is 25.4. The van der Waals surface area contributed by atoms with Gasteiger partial charge in [0.15, 0.2) is 0 Å². The van der Waals surface area contributed by atoms with Crippen LogP contribution in [0.5, 0.6) is 0 Å². The van der Waals surface area contributed by atoms with Gasteiger partial charge in [0.05, 0.1) is 4.99 Å². The molecule has 90 valence electrons. The van der Waals surface area contributed by atoms with Gasteiger partial charge < -0.3 is 5.73 Å². The molecule has 0 bridgehead atoms. The zero-order valence-electron chi connectivity index (χ0n) is 9.94. The highest BCUT2D eigenvalue weighted by molar-refractivity contribution is 7.92. The van der Waals surface area contributed by atoms with Crippen LogP contribution >= 0.6 is 12.2 Å². The van der Waals surface area contributed by atoms with Crippen LogP contribution in [0, 0.1) is 0 Å². The zero-order valence-corrected chi connectivity index (χ0v) is 11.6. The van der Waals surface area contributed by atoms with Gasteiger partial charge in [-0.05, 0) is 27.2 Å². The Labute approximate surface area is 97.9 Å². The van der Waals surface area contributed by atoms with E-state index >= 15 is 0 Å². The smallest absolute Gasteiger partial charge is 0.223 e. The van der Waals surface area contributed by atoms with Crippen LogP contribution in [0.1, 0.15) is 34.1 Å². The number of hydrogen-bond donors (Lipinski definition) is 1. The molecule has 0 saturated carbocycles. The molecule has 0 fully saturated rings. The third-order valence-corrected chi connectivity index (χ3v) is 5.85. The van der Waals surface area contributed by atoms with Gasteiger partial charge in [0.25, 0.3) is 0 Å². The van der Waals surface area contributed by atoms with Crippen molar-refractivity contribution in [1.29, 1.82) is 0 Å². The Morgan fingerprint density at radius 2 is 1.93 bits per heavy atom. The van der Waals surface area contributed by atoms with E-state index in [4.69, 9.17) is 18.0 Å². The van der Waals surface area contributed by atoms with Gasteiger partial charge in [-0.3, -0.25) is 0 Å². The fraction of sp³-hybridized carbons (Fsp3) is 0.889. The van der Waals surface area contributed by atoms with Crippen molar-refractivity contribution in [2.24, 2.45) is 5.73 Å². The van der Waals surface area contributed by atoms with E-state index in [1.165, 1.54) is 11.2 Å². The largest absolute Gasteiger partial charge is 0.392 e. The Bertz CT molecular complexity index is 336. The average Bonchev–Trinajstić information content (AvgIpc) is 2.15. The van der Waals surface area contributed by atoms with Gasteiger partial charge in [0, 0.05) is 12.6 Å². The van der Waals surface area contributed by atoms with Crippen LogP contribution in [0.4, 0.5) is 0 Å². The summed E-state index contributed by atoms with van der Waals surface area (Å²) in [6, 6.07) is 0.